The van der Waals surface area contributed by atoms with E-state index in [0.29, 0.717) is 17.4 Å². The molecule has 1 aliphatic rings. The molecule has 1 saturated carbocycles. The lowest BCUT2D eigenvalue weighted by Crippen LogP contribution is -2.36. The Hall–Kier alpha value is -1.07. The molecule has 0 radical (unpaired) electrons. The molecule has 20 heavy (non-hydrogen) atoms. The van der Waals surface area contributed by atoms with Gasteiger partial charge in [0.15, 0.2) is 6.61 Å². The molecule has 0 aromatic heterocycles. The van der Waals surface area contributed by atoms with Gasteiger partial charge in [-0.2, -0.15) is 0 Å². The van der Waals surface area contributed by atoms with Crippen molar-refractivity contribution in [2.24, 2.45) is 0 Å². The highest BCUT2D eigenvalue weighted by atomic mass is 79.9. The maximum Gasteiger partial charge on any atom is 0.258 e. The Bertz CT molecular complexity index is 470. The molecule has 1 fully saturated rings. The Kier molecular flexibility index (Phi) is 5.43. The third kappa shape index (κ3) is 4.21. The molecule has 0 spiro atoms. The summed E-state index contributed by atoms with van der Waals surface area (Å²) in [5, 5.41) is 12.7. The van der Waals surface area contributed by atoms with E-state index in [9.17, 15) is 9.90 Å². The normalized spacial score (nSPS) is 16.9. The number of halogens is 1. The van der Waals surface area contributed by atoms with Gasteiger partial charge in [0.1, 0.15) is 5.75 Å². The summed E-state index contributed by atoms with van der Waals surface area (Å²) in [4.78, 5) is 11.8. The Labute approximate surface area is 127 Å². The zero-order valence-electron chi connectivity index (χ0n) is 11.6. The van der Waals surface area contributed by atoms with Crippen molar-refractivity contribution in [2.75, 3.05) is 6.61 Å². The van der Waals surface area contributed by atoms with E-state index >= 15 is 0 Å². The van der Waals surface area contributed by atoms with Crippen LogP contribution in [0, 0.1) is 0 Å². The van der Waals surface area contributed by atoms with Crippen LogP contribution in [0.3, 0.4) is 0 Å². The lowest BCUT2D eigenvalue weighted by molar-refractivity contribution is -0.123. The molecule has 1 atom stereocenters. The molecule has 1 unspecified atom stereocenters. The predicted molar refractivity (Wildman–Crippen MR) is 80.7 cm³/mol. The molecule has 0 saturated heterocycles. The fraction of sp³-hybridized carbons (Fsp3) is 0.533. The van der Waals surface area contributed by atoms with E-state index in [1.54, 1.807) is 19.1 Å². The maximum atomic E-state index is 11.8. The first kappa shape index (κ1) is 15.3. The van der Waals surface area contributed by atoms with Gasteiger partial charge >= 0.3 is 0 Å². The summed E-state index contributed by atoms with van der Waals surface area (Å²) < 4.78 is 6.40. The van der Waals surface area contributed by atoms with Crippen LogP contribution in [0.25, 0.3) is 0 Å². The van der Waals surface area contributed by atoms with Crippen molar-refractivity contribution >= 4 is 21.8 Å². The highest BCUT2D eigenvalue weighted by Crippen LogP contribution is 2.28. The summed E-state index contributed by atoms with van der Waals surface area (Å²) in [7, 11) is 0. The number of hydrogen-bond donors (Lipinski definition) is 2. The lowest BCUT2D eigenvalue weighted by Gasteiger charge is -2.15. The largest absolute Gasteiger partial charge is 0.483 e. The first-order chi connectivity index (χ1) is 9.56. The van der Waals surface area contributed by atoms with E-state index in [0.717, 1.165) is 17.3 Å². The number of aliphatic hydroxyl groups is 1. The van der Waals surface area contributed by atoms with Crippen LogP contribution in [0.5, 0.6) is 5.75 Å². The Morgan fingerprint density at radius 3 is 2.85 bits per heavy atom. The first-order valence-electron chi connectivity index (χ1n) is 6.96. The predicted octanol–water partition coefficient (Wildman–Crippen LogP) is 2.94. The average Bonchev–Trinajstić information content (AvgIpc) is 2.90. The minimum absolute atomic E-state index is 0.0160. The molecule has 1 aliphatic carbocycles. The third-order valence-corrected chi connectivity index (χ3v) is 3.99. The van der Waals surface area contributed by atoms with Gasteiger partial charge in [0.2, 0.25) is 0 Å². The summed E-state index contributed by atoms with van der Waals surface area (Å²) in [6, 6.07) is 5.69. The smallest absolute Gasteiger partial charge is 0.258 e. The molecule has 2 rings (SSSR count). The second-order valence-corrected chi connectivity index (χ2v) is 6.11. The van der Waals surface area contributed by atoms with Crippen LogP contribution in [-0.2, 0) is 4.79 Å². The van der Waals surface area contributed by atoms with Gasteiger partial charge < -0.3 is 15.2 Å². The van der Waals surface area contributed by atoms with Crippen LogP contribution in [0.1, 0.15) is 44.3 Å². The van der Waals surface area contributed by atoms with E-state index in [1.165, 1.54) is 12.8 Å². The number of benzene rings is 1. The van der Waals surface area contributed by atoms with Crippen molar-refractivity contribution in [3.05, 3.63) is 28.2 Å². The van der Waals surface area contributed by atoms with Gasteiger partial charge in [-0.25, -0.2) is 0 Å². The quantitative estimate of drug-likeness (QED) is 0.865. The molecular weight excluding hydrogens is 322 g/mol. The van der Waals surface area contributed by atoms with E-state index in [4.69, 9.17) is 4.74 Å². The molecule has 1 aromatic rings. The Balaban J connectivity index is 1.91. The van der Waals surface area contributed by atoms with Crippen molar-refractivity contribution in [1.29, 1.82) is 0 Å². The van der Waals surface area contributed by atoms with Crippen molar-refractivity contribution in [3.8, 4) is 5.75 Å². The number of nitrogens with one attached hydrogen (secondary N) is 1. The van der Waals surface area contributed by atoms with Gasteiger partial charge in [-0.05, 0) is 38.0 Å². The zero-order valence-corrected chi connectivity index (χ0v) is 13.1. The van der Waals surface area contributed by atoms with Crippen LogP contribution >= 0.6 is 15.9 Å². The fourth-order valence-electron chi connectivity index (χ4n) is 2.46. The summed E-state index contributed by atoms with van der Waals surface area (Å²) in [6.07, 6.45) is 3.85. The van der Waals surface area contributed by atoms with E-state index in [2.05, 4.69) is 21.2 Å². The first-order valence-corrected chi connectivity index (χ1v) is 7.75. The highest BCUT2D eigenvalue weighted by molar-refractivity contribution is 9.10. The second kappa shape index (κ2) is 7.09. The van der Waals surface area contributed by atoms with Crippen LogP contribution < -0.4 is 10.1 Å². The van der Waals surface area contributed by atoms with Crippen LogP contribution in [-0.4, -0.2) is 23.7 Å². The number of hydrogen-bond acceptors (Lipinski definition) is 3. The van der Waals surface area contributed by atoms with Crippen molar-refractivity contribution in [3.63, 3.8) is 0 Å². The number of carbonyl (C=O) groups excluding carboxylic acids is 1. The van der Waals surface area contributed by atoms with Gasteiger partial charge in [-0.15, -0.1) is 0 Å². The molecule has 1 aromatic carbocycles. The van der Waals surface area contributed by atoms with Gasteiger partial charge in [0.05, 0.1) is 6.10 Å². The number of ether oxygens (including phenoxy) is 1. The van der Waals surface area contributed by atoms with E-state index in [1.807, 2.05) is 6.07 Å². The lowest BCUT2D eigenvalue weighted by atomic mass is 10.1. The van der Waals surface area contributed by atoms with Crippen LogP contribution in [0.4, 0.5) is 0 Å². The molecule has 0 bridgehead atoms. The minimum atomic E-state index is -0.639. The monoisotopic (exact) mass is 341 g/mol. The number of rotatable bonds is 5. The molecule has 2 N–H and O–H groups in total. The van der Waals surface area contributed by atoms with Gasteiger partial charge in [0.25, 0.3) is 5.91 Å². The van der Waals surface area contributed by atoms with Crippen molar-refractivity contribution in [1.82, 2.24) is 5.32 Å². The molecule has 4 nitrogen and oxygen atoms in total. The summed E-state index contributed by atoms with van der Waals surface area (Å²) in [5.41, 5.74) is 0.674. The van der Waals surface area contributed by atoms with Crippen LogP contribution in [0.15, 0.2) is 22.7 Å². The van der Waals surface area contributed by atoms with Gasteiger partial charge in [0, 0.05) is 16.1 Å². The zero-order chi connectivity index (χ0) is 14.5. The maximum absolute atomic E-state index is 11.8. The number of amides is 1. The molecular formula is C15H20BrNO3. The van der Waals surface area contributed by atoms with Crippen molar-refractivity contribution in [2.45, 2.75) is 44.8 Å². The molecule has 0 aliphatic heterocycles. The van der Waals surface area contributed by atoms with E-state index < -0.39 is 6.10 Å². The van der Waals surface area contributed by atoms with Gasteiger partial charge in [-0.1, -0.05) is 28.8 Å². The molecule has 110 valence electrons. The van der Waals surface area contributed by atoms with E-state index in [-0.39, 0.29) is 12.5 Å². The fourth-order valence-corrected chi connectivity index (χ4v) is 2.84. The standard InChI is InChI=1S/C15H20BrNO3/c1-10(18)13-8-11(16)6-7-14(13)20-9-15(19)17-12-4-2-3-5-12/h6-8,10,12,18H,2-5,9H2,1H3,(H,17,19). The third-order valence-electron chi connectivity index (χ3n) is 3.50. The SMILES string of the molecule is CC(O)c1cc(Br)ccc1OCC(=O)NC1CCCC1. The summed E-state index contributed by atoms with van der Waals surface area (Å²) in [5.74, 6) is 0.445. The summed E-state index contributed by atoms with van der Waals surface area (Å²) >= 11 is 3.36. The number of aliphatic hydroxyl groups excluding tert-OH is 1. The van der Waals surface area contributed by atoms with Crippen molar-refractivity contribution < 1.29 is 14.6 Å². The number of carbonyl (C=O) groups is 1. The van der Waals surface area contributed by atoms with Gasteiger partial charge in [-0.3, -0.25) is 4.79 Å². The average molecular weight is 342 g/mol. The topological polar surface area (TPSA) is 58.6 Å². The summed E-state index contributed by atoms with van der Waals surface area (Å²) in [6.45, 7) is 1.66. The Morgan fingerprint density at radius 2 is 2.20 bits per heavy atom. The molecule has 1 amide bonds. The van der Waals surface area contributed by atoms with Crippen LogP contribution in [0.2, 0.25) is 0 Å². The second-order valence-electron chi connectivity index (χ2n) is 5.20. The Morgan fingerprint density at radius 1 is 1.50 bits per heavy atom. The molecule has 5 heteroatoms. The molecule has 0 heterocycles. The highest BCUT2D eigenvalue weighted by Gasteiger charge is 2.18. The minimum Gasteiger partial charge on any atom is -0.483 e.